The first-order valence-electron chi connectivity index (χ1n) is 4.55. The van der Waals surface area contributed by atoms with E-state index in [1.54, 1.807) is 0 Å². The van der Waals surface area contributed by atoms with Gasteiger partial charge in [0.25, 0.3) is 0 Å². The number of nitrogens with zero attached hydrogens (tertiary/aromatic N) is 2. The van der Waals surface area contributed by atoms with E-state index < -0.39 is 18.4 Å². The fraction of sp³-hybridized carbons (Fsp3) is 0.500. The van der Waals surface area contributed by atoms with Gasteiger partial charge in [0.1, 0.15) is 19.6 Å². The fourth-order valence-electron chi connectivity index (χ4n) is 0.935. The molecular weight excluding hydrogens is 216 g/mol. The van der Waals surface area contributed by atoms with Crippen LogP contribution < -0.4 is 11.1 Å². The van der Waals surface area contributed by atoms with Gasteiger partial charge in [-0.1, -0.05) is 0 Å². The minimum atomic E-state index is -1.10. The average molecular weight is 228 g/mol. The number of hydrogen-bond acceptors (Lipinski definition) is 6. The van der Waals surface area contributed by atoms with E-state index in [0.717, 1.165) is 0 Å². The summed E-state index contributed by atoms with van der Waals surface area (Å²) in [5.74, 6) is -0.901. The Balaban J connectivity index is 2.27. The molecule has 1 amide bonds. The monoisotopic (exact) mass is 228 g/mol. The topological polar surface area (TPSA) is 126 Å². The molecular formula is C8H12N4O4. The lowest BCUT2D eigenvalue weighted by Gasteiger charge is -2.00. The molecule has 8 nitrogen and oxygen atoms in total. The molecule has 1 rings (SSSR count). The maximum atomic E-state index is 11.1. The van der Waals surface area contributed by atoms with Crippen LogP contribution in [0.4, 0.5) is 0 Å². The van der Waals surface area contributed by atoms with Crippen LogP contribution in [-0.4, -0.2) is 55.0 Å². The number of carbonyl (C=O) groups excluding carboxylic acids is 1. The zero-order valence-electron chi connectivity index (χ0n) is 8.47. The summed E-state index contributed by atoms with van der Waals surface area (Å²) in [5.41, 5.74) is 5.28. The summed E-state index contributed by atoms with van der Waals surface area (Å²) in [6, 6.07) is 0. The van der Waals surface area contributed by atoms with Crippen molar-refractivity contribution in [1.29, 1.82) is 0 Å². The third-order valence-corrected chi connectivity index (χ3v) is 1.64. The third-order valence-electron chi connectivity index (χ3n) is 1.64. The molecule has 0 aromatic rings. The van der Waals surface area contributed by atoms with Crippen LogP contribution in [0.2, 0.25) is 0 Å². The molecule has 16 heavy (non-hydrogen) atoms. The van der Waals surface area contributed by atoms with Crippen molar-refractivity contribution in [3.63, 3.8) is 0 Å². The van der Waals surface area contributed by atoms with Crippen LogP contribution in [0.3, 0.4) is 0 Å². The van der Waals surface area contributed by atoms with Crippen LogP contribution in [0.25, 0.3) is 0 Å². The van der Waals surface area contributed by atoms with Crippen LogP contribution in [0.15, 0.2) is 9.98 Å². The molecule has 0 radical (unpaired) electrons. The first-order chi connectivity index (χ1) is 7.61. The van der Waals surface area contributed by atoms with Crippen LogP contribution >= 0.6 is 0 Å². The molecule has 1 heterocycles. The van der Waals surface area contributed by atoms with E-state index in [0.29, 0.717) is 11.8 Å². The number of carboxylic acids is 1. The highest BCUT2D eigenvalue weighted by atomic mass is 16.5. The molecule has 0 spiro atoms. The molecule has 8 heteroatoms. The minimum Gasteiger partial charge on any atom is -0.480 e. The smallest absolute Gasteiger partial charge is 0.322 e. The third kappa shape index (κ3) is 4.05. The molecule has 0 saturated heterocycles. The van der Waals surface area contributed by atoms with E-state index in [-0.39, 0.29) is 19.6 Å². The van der Waals surface area contributed by atoms with Crippen molar-refractivity contribution in [3.8, 4) is 0 Å². The molecule has 4 N–H and O–H groups in total. The molecule has 0 unspecified atom stereocenters. The summed E-state index contributed by atoms with van der Waals surface area (Å²) < 4.78 is 5.07. The van der Waals surface area contributed by atoms with Gasteiger partial charge in [-0.2, -0.15) is 0 Å². The van der Waals surface area contributed by atoms with Gasteiger partial charge in [0.05, 0.1) is 6.54 Å². The lowest BCUT2D eigenvalue weighted by Crippen LogP contribution is -2.31. The lowest BCUT2D eigenvalue weighted by atomic mass is 10.5. The minimum absolute atomic E-state index is 0.185. The highest BCUT2D eigenvalue weighted by molar-refractivity contribution is 5.99. The highest BCUT2D eigenvalue weighted by Gasteiger charge is 2.13. The predicted octanol–water partition coefficient (Wildman–Crippen LogP) is -2.03. The highest BCUT2D eigenvalue weighted by Crippen LogP contribution is 1.97. The van der Waals surface area contributed by atoms with Gasteiger partial charge in [0.15, 0.2) is 0 Å². The first-order valence-corrected chi connectivity index (χ1v) is 4.55. The van der Waals surface area contributed by atoms with Crippen LogP contribution in [-0.2, 0) is 14.3 Å². The van der Waals surface area contributed by atoms with Crippen LogP contribution in [0, 0.1) is 0 Å². The van der Waals surface area contributed by atoms with Gasteiger partial charge in [-0.3, -0.25) is 9.59 Å². The van der Waals surface area contributed by atoms with Crippen molar-refractivity contribution in [1.82, 2.24) is 5.32 Å². The van der Waals surface area contributed by atoms with Gasteiger partial charge in [0.2, 0.25) is 17.7 Å². The standard InChI is InChI=1S/C8H12N4O4/c9-1-6-12-3-7(16-6)11-2-5(13)10-4-8(14)15/h1-4,9H2,(H,10,13)(H,14,15). The largest absolute Gasteiger partial charge is 0.480 e. The van der Waals surface area contributed by atoms with Crippen molar-refractivity contribution >= 4 is 23.7 Å². The number of amides is 1. The molecule has 88 valence electrons. The molecule has 0 saturated carbocycles. The second kappa shape index (κ2) is 5.81. The number of aliphatic imine (C=N–C) groups is 2. The Kier molecular flexibility index (Phi) is 4.40. The zero-order valence-corrected chi connectivity index (χ0v) is 8.47. The molecule has 0 fully saturated rings. The van der Waals surface area contributed by atoms with Gasteiger partial charge in [-0.05, 0) is 0 Å². The van der Waals surface area contributed by atoms with E-state index in [1.165, 1.54) is 0 Å². The second-order valence-corrected chi connectivity index (χ2v) is 2.90. The maximum absolute atomic E-state index is 11.1. The molecule has 0 aromatic heterocycles. The Bertz CT molecular complexity index is 350. The molecule has 0 bridgehead atoms. The molecule has 1 aliphatic heterocycles. The van der Waals surface area contributed by atoms with E-state index >= 15 is 0 Å². The van der Waals surface area contributed by atoms with Crippen LogP contribution in [0.5, 0.6) is 0 Å². The number of hydrogen-bond donors (Lipinski definition) is 3. The van der Waals surface area contributed by atoms with E-state index in [2.05, 4.69) is 15.3 Å². The van der Waals surface area contributed by atoms with Gasteiger partial charge < -0.3 is 20.9 Å². The average Bonchev–Trinajstić information content (AvgIpc) is 2.71. The van der Waals surface area contributed by atoms with Crippen molar-refractivity contribution < 1.29 is 19.4 Å². The Morgan fingerprint density at radius 2 is 2.38 bits per heavy atom. The quantitative estimate of drug-likeness (QED) is 0.500. The van der Waals surface area contributed by atoms with Crippen molar-refractivity contribution in [3.05, 3.63) is 0 Å². The number of carbonyl (C=O) groups is 2. The summed E-state index contributed by atoms with van der Waals surface area (Å²) in [7, 11) is 0. The summed E-state index contributed by atoms with van der Waals surface area (Å²) in [6.07, 6.45) is 0. The van der Waals surface area contributed by atoms with E-state index in [4.69, 9.17) is 15.6 Å². The van der Waals surface area contributed by atoms with Crippen molar-refractivity contribution in [2.24, 2.45) is 15.7 Å². The van der Waals surface area contributed by atoms with E-state index in [1.807, 2.05) is 0 Å². The number of rotatable bonds is 5. The summed E-state index contributed by atoms with van der Waals surface area (Å²) in [4.78, 5) is 28.9. The van der Waals surface area contributed by atoms with Gasteiger partial charge in [-0.25, -0.2) is 9.98 Å². The fourth-order valence-corrected chi connectivity index (χ4v) is 0.935. The summed E-state index contributed by atoms with van der Waals surface area (Å²) in [6.45, 7) is -0.159. The van der Waals surface area contributed by atoms with Gasteiger partial charge >= 0.3 is 5.97 Å². The first kappa shape index (κ1) is 12.1. The normalized spacial score (nSPS) is 16.8. The summed E-state index contributed by atoms with van der Waals surface area (Å²) in [5, 5.41) is 10.5. The number of aliphatic carboxylic acids is 1. The number of carboxylic acid groups (broad SMARTS) is 1. The van der Waals surface area contributed by atoms with Crippen LogP contribution in [0.1, 0.15) is 0 Å². The summed E-state index contributed by atoms with van der Waals surface area (Å²) >= 11 is 0. The SMILES string of the molecule is NCC1=NCC(=NCC(=O)NCC(=O)O)O1. The molecule has 0 aliphatic carbocycles. The molecule has 0 aromatic carbocycles. The maximum Gasteiger partial charge on any atom is 0.322 e. The lowest BCUT2D eigenvalue weighted by molar-refractivity contribution is -0.137. The van der Waals surface area contributed by atoms with Gasteiger partial charge in [-0.15, -0.1) is 0 Å². The molecule has 1 aliphatic rings. The molecule has 0 atom stereocenters. The number of ether oxygens (including phenoxy) is 1. The van der Waals surface area contributed by atoms with Crippen molar-refractivity contribution in [2.45, 2.75) is 0 Å². The number of nitrogens with two attached hydrogens (primary N) is 1. The Morgan fingerprint density at radius 1 is 1.62 bits per heavy atom. The Labute approximate surface area is 91.2 Å². The second-order valence-electron chi connectivity index (χ2n) is 2.90. The zero-order chi connectivity index (χ0) is 12.0. The van der Waals surface area contributed by atoms with Crippen molar-refractivity contribution in [2.75, 3.05) is 26.2 Å². The van der Waals surface area contributed by atoms with E-state index in [9.17, 15) is 9.59 Å². The predicted molar refractivity (Wildman–Crippen MR) is 55.4 cm³/mol. The van der Waals surface area contributed by atoms with Gasteiger partial charge in [0, 0.05) is 0 Å². The Hall–Kier alpha value is -1.96. The number of nitrogens with one attached hydrogen (secondary N) is 1. The Morgan fingerprint density at radius 3 is 2.94 bits per heavy atom.